The van der Waals surface area contributed by atoms with Gasteiger partial charge >= 0.3 is 6.18 Å². The summed E-state index contributed by atoms with van der Waals surface area (Å²) in [6.07, 6.45) is -4.63. The molecule has 0 radical (unpaired) electrons. The smallest absolute Gasteiger partial charge is 0.367 e. The molecule has 6 nitrogen and oxygen atoms in total. The summed E-state index contributed by atoms with van der Waals surface area (Å²) in [7, 11) is 3.79. The molecular formula is C16H16ClF3N6. The first-order valence-corrected chi connectivity index (χ1v) is 8.09. The van der Waals surface area contributed by atoms with E-state index in [9.17, 15) is 13.2 Å². The summed E-state index contributed by atoms with van der Waals surface area (Å²) in [5, 5.41) is 14.3. The second kappa shape index (κ2) is 7.08. The summed E-state index contributed by atoms with van der Waals surface area (Å²) in [5.41, 5.74) is 0.936. The molecule has 2 aromatic heterocycles. The monoisotopic (exact) mass is 384 g/mol. The Morgan fingerprint density at radius 2 is 1.88 bits per heavy atom. The molecule has 0 amide bonds. The second-order valence-electron chi connectivity index (χ2n) is 5.89. The van der Waals surface area contributed by atoms with Gasteiger partial charge in [0.1, 0.15) is 5.82 Å². The second-order valence-corrected chi connectivity index (χ2v) is 6.30. The third-order valence-corrected chi connectivity index (χ3v) is 4.22. The van der Waals surface area contributed by atoms with E-state index in [-0.39, 0.29) is 17.5 Å². The predicted octanol–water partition coefficient (Wildman–Crippen LogP) is 3.51. The highest BCUT2D eigenvalue weighted by atomic mass is 35.5. The summed E-state index contributed by atoms with van der Waals surface area (Å²) in [4.78, 5) is 1.96. The number of hydrogen-bond donors (Lipinski definition) is 1. The van der Waals surface area contributed by atoms with Crippen LogP contribution in [0.3, 0.4) is 0 Å². The summed E-state index contributed by atoms with van der Waals surface area (Å²) in [6.45, 7) is 0.402. The lowest BCUT2D eigenvalue weighted by Gasteiger charge is -2.26. The largest absolute Gasteiger partial charge is 0.453 e. The van der Waals surface area contributed by atoms with E-state index < -0.39 is 12.0 Å². The van der Waals surface area contributed by atoms with Crippen molar-refractivity contribution < 1.29 is 13.2 Å². The average molecular weight is 385 g/mol. The number of fused-ring (bicyclic) bond motifs is 1. The summed E-state index contributed by atoms with van der Waals surface area (Å²) in [6, 6.07) is 10.3. The molecule has 138 valence electrons. The lowest BCUT2D eigenvalue weighted by molar-refractivity contribution is -0.146. The molecule has 1 N–H and O–H groups in total. The maximum Gasteiger partial charge on any atom is 0.453 e. The van der Waals surface area contributed by atoms with Gasteiger partial charge in [0, 0.05) is 11.6 Å². The van der Waals surface area contributed by atoms with Gasteiger partial charge in [-0.3, -0.25) is 0 Å². The standard InChI is InChI=1S/C16H16ClF3N6/c1-25(2)12(10-5-3-4-6-11(10)17)9-21-13-7-8-14-22-23-15(16(18,19)20)26(14)24-13/h3-8,12H,9H2,1-2H3,(H,21,24)/t12-/m0/s1. The Bertz CT molecular complexity index is 908. The van der Waals surface area contributed by atoms with E-state index in [1.54, 1.807) is 12.1 Å². The van der Waals surface area contributed by atoms with E-state index in [4.69, 9.17) is 11.6 Å². The van der Waals surface area contributed by atoms with Gasteiger partial charge in [-0.25, -0.2) is 0 Å². The maximum absolute atomic E-state index is 13.0. The van der Waals surface area contributed by atoms with Crippen LogP contribution in [0.4, 0.5) is 19.0 Å². The van der Waals surface area contributed by atoms with Crippen molar-refractivity contribution >= 4 is 23.1 Å². The van der Waals surface area contributed by atoms with E-state index in [1.165, 1.54) is 6.07 Å². The fourth-order valence-electron chi connectivity index (χ4n) is 2.58. The number of anilines is 1. The summed E-state index contributed by atoms with van der Waals surface area (Å²) < 4.78 is 39.6. The Hall–Kier alpha value is -2.39. The molecule has 0 fully saturated rings. The molecule has 1 aromatic carbocycles. The van der Waals surface area contributed by atoms with Gasteiger partial charge in [0.05, 0.1) is 6.04 Å². The molecule has 0 spiro atoms. The Balaban J connectivity index is 1.85. The Kier molecular flexibility index (Phi) is 5.01. The van der Waals surface area contributed by atoms with E-state index >= 15 is 0 Å². The average Bonchev–Trinajstić information content (AvgIpc) is 2.99. The SMILES string of the molecule is CN(C)[C@@H](CNc1ccc2nnc(C(F)(F)F)n2n1)c1ccccc1Cl. The first-order chi connectivity index (χ1) is 12.3. The number of rotatable bonds is 5. The van der Waals surface area contributed by atoms with Crippen molar-refractivity contribution in [2.75, 3.05) is 26.0 Å². The minimum atomic E-state index is -4.63. The fourth-order valence-corrected chi connectivity index (χ4v) is 2.84. The number of alkyl halides is 3. The van der Waals surface area contributed by atoms with Crippen LogP contribution in [0.2, 0.25) is 5.02 Å². The molecule has 0 saturated heterocycles. The van der Waals surface area contributed by atoms with E-state index in [2.05, 4.69) is 20.6 Å². The lowest BCUT2D eigenvalue weighted by Crippen LogP contribution is -2.27. The van der Waals surface area contributed by atoms with Gasteiger partial charge < -0.3 is 10.2 Å². The number of halogens is 4. The van der Waals surface area contributed by atoms with Gasteiger partial charge in [0.25, 0.3) is 5.82 Å². The molecule has 0 saturated carbocycles. The predicted molar refractivity (Wildman–Crippen MR) is 92.2 cm³/mol. The van der Waals surface area contributed by atoms with Crippen LogP contribution in [0.5, 0.6) is 0 Å². The number of nitrogens with zero attached hydrogens (tertiary/aromatic N) is 5. The molecule has 0 bridgehead atoms. The van der Waals surface area contributed by atoms with Crippen LogP contribution in [0.1, 0.15) is 17.4 Å². The van der Waals surface area contributed by atoms with Crippen molar-refractivity contribution in [3.63, 3.8) is 0 Å². The van der Waals surface area contributed by atoms with Crippen molar-refractivity contribution in [1.29, 1.82) is 0 Å². The third kappa shape index (κ3) is 3.73. The number of hydrogen-bond acceptors (Lipinski definition) is 5. The molecule has 0 aliphatic carbocycles. The molecular weight excluding hydrogens is 369 g/mol. The Morgan fingerprint density at radius 3 is 2.54 bits per heavy atom. The molecule has 2 heterocycles. The number of aromatic nitrogens is 4. The minimum absolute atomic E-state index is 0.0261. The highest BCUT2D eigenvalue weighted by molar-refractivity contribution is 6.31. The van der Waals surface area contributed by atoms with Gasteiger partial charge in [-0.05, 0) is 37.9 Å². The van der Waals surface area contributed by atoms with E-state index in [0.717, 1.165) is 5.56 Å². The van der Waals surface area contributed by atoms with Crippen LogP contribution in [0.25, 0.3) is 5.65 Å². The number of likely N-dealkylation sites (N-methyl/N-ethyl adjacent to an activating group) is 1. The van der Waals surface area contributed by atoms with Crippen molar-refractivity contribution in [2.45, 2.75) is 12.2 Å². The van der Waals surface area contributed by atoms with E-state index in [1.807, 2.05) is 37.2 Å². The van der Waals surface area contributed by atoms with Crippen molar-refractivity contribution in [1.82, 2.24) is 24.7 Å². The topological polar surface area (TPSA) is 58.3 Å². The van der Waals surface area contributed by atoms with Crippen LogP contribution >= 0.6 is 11.6 Å². The van der Waals surface area contributed by atoms with Gasteiger partial charge in [-0.2, -0.15) is 17.7 Å². The molecule has 26 heavy (non-hydrogen) atoms. The van der Waals surface area contributed by atoms with Crippen LogP contribution in [0.15, 0.2) is 36.4 Å². The zero-order chi connectivity index (χ0) is 18.9. The van der Waals surface area contributed by atoms with Gasteiger partial charge in [-0.1, -0.05) is 29.8 Å². The first kappa shape index (κ1) is 18.4. The van der Waals surface area contributed by atoms with Gasteiger partial charge in [-0.15, -0.1) is 15.3 Å². The van der Waals surface area contributed by atoms with Crippen molar-refractivity contribution in [3.05, 3.63) is 52.8 Å². The zero-order valence-corrected chi connectivity index (χ0v) is 14.8. The minimum Gasteiger partial charge on any atom is -0.367 e. The van der Waals surface area contributed by atoms with Gasteiger partial charge in [0.2, 0.25) is 0 Å². The Labute approximate surface area is 152 Å². The number of nitrogens with one attached hydrogen (secondary N) is 1. The summed E-state index contributed by atoms with van der Waals surface area (Å²) in [5.74, 6) is -0.881. The molecule has 0 aliphatic rings. The first-order valence-electron chi connectivity index (χ1n) is 7.72. The van der Waals surface area contributed by atoms with Crippen LogP contribution in [-0.4, -0.2) is 45.4 Å². The number of benzene rings is 1. The summed E-state index contributed by atoms with van der Waals surface area (Å²) >= 11 is 6.26. The molecule has 10 heteroatoms. The fraction of sp³-hybridized carbons (Fsp3) is 0.312. The molecule has 3 rings (SSSR count). The molecule has 0 aliphatic heterocycles. The van der Waals surface area contributed by atoms with Crippen LogP contribution < -0.4 is 5.32 Å². The zero-order valence-electron chi connectivity index (χ0n) is 14.0. The van der Waals surface area contributed by atoms with Crippen molar-refractivity contribution in [3.8, 4) is 0 Å². The normalized spacial score (nSPS) is 13.3. The maximum atomic E-state index is 13.0. The molecule has 0 unspecified atom stereocenters. The van der Waals surface area contributed by atoms with Crippen molar-refractivity contribution in [2.24, 2.45) is 0 Å². The van der Waals surface area contributed by atoms with Crippen LogP contribution in [0, 0.1) is 0 Å². The lowest BCUT2D eigenvalue weighted by atomic mass is 10.1. The van der Waals surface area contributed by atoms with E-state index in [0.29, 0.717) is 16.1 Å². The molecule has 1 atom stereocenters. The quantitative estimate of drug-likeness (QED) is 0.729. The third-order valence-electron chi connectivity index (χ3n) is 3.88. The van der Waals surface area contributed by atoms with Crippen LogP contribution in [-0.2, 0) is 6.18 Å². The highest BCUT2D eigenvalue weighted by Crippen LogP contribution is 2.28. The molecule has 3 aromatic rings. The Morgan fingerprint density at radius 1 is 1.15 bits per heavy atom. The van der Waals surface area contributed by atoms with Gasteiger partial charge in [0.15, 0.2) is 5.65 Å². The highest BCUT2D eigenvalue weighted by Gasteiger charge is 2.37.